The third-order valence-electron chi connectivity index (χ3n) is 5.07. The summed E-state index contributed by atoms with van der Waals surface area (Å²) in [6.07, 6.45) is -4.33. The minimum atomic E-state index is -4.40. The van der Waals surface area contributed by atoms with Gasteiger partial charge in [0.05, 0.1) is 5.56 Å². The molecule has 1 atom stereocenters. The summed E-state index contributed by atoms with van der Waals surface area (Å²) in [5.41, 5.74) is 6.98. The molecule has 2 heterocycles. The largest absolute Gasteiger partial charge is 0.455 e. The van der Waals surface area contributed by atoms with Crippen LogP contribution in [0.15, 0.2) is 52.6 Å². The summed E-state index contributed by atoms with van der Waals surface area (Å²) in [6, 6.07) is 11.3. The normalized spacial score (nSPS) is 16.4. The molecule has 31 heavy (non-hydrogen) atoms. The van der Waals surface area contributed by atoms with Gasteiger partial charge in [0.1, 0.15) is 5.76 Å². The van der Waals surface area contributed by atoms with E-state index in [0.29, 0.717) is 35.0 Å². The minimum absolute atomic E-state index is 0.0182. The first-order valence-corrected chi connectivity index (χ1v) is 9.68. The molecule has 2 aromatic carbocycles. The summed E-state index contributed by atoms with van der Waals surface area (Å²) in [7, 11) is 0. The Hall–Kier alpha value is -3.49. The van der Waals surface area contributed by atoms with Crippen LogP contribution in [-0.2, 0) is 22.1 Å². The van der Waals surface area contributed by atoms with Crippen LogP contribution < -0.4 is 5.73 Å². The zero-order valence-corrected chi connectivity index (χ0v) is 16.9. The van der Waals surface area contributed by atoms with E-state index in [1.165, 1.54) is 13.0 Å². The molecule has 9 heteroatoms. The van der Waals surface area contributed by atoms with Crippen molar-refractivity contribution >= 4 is 11.8 Å². The number of halogens is 3. The molecule has 162 valence electrons. The van der Waals surface area contributed by atoms with Gasteiger partial charge in [0.2, 0.25) is 12.2 Å². The van der Waals surface area contributed by atoms with Crippen LogP contribution in [0.5, 0.6) is 0 Å². The predicted molar refractivity (Wildman–Crippen MR) is 107 cm³/mol. The van der Waals surface area contributed by atoms with Crippen LogP contribution in [0.25, 0.3) is 17.2 Å². The van der Waals surface area contributed by atoms with Gasteiger partial charge in [0, 0.05) is 24.0 Å². The highest BCUT2D eigenvalue weighted by atomic mass is 19.4. The van der Waals surface area contributed by atoms with E-state index in [-0.39, 0.29) is 18.0 Å². The van der Waals surface area contributed by atoms with Crippen molar-refractivity contribution in [1.82, 2.24) is 10.2 Å². The first-order valence-electron chi connectivity index (χ1n) is 9.68. The maximum Gasteiger partial charge on any atom is 0.416 e. The van der Waals surface area contributed by atoms with Crippen molar-refractivity contribution in [3.8, 4) is 11.5 Å². The van der Waals surface area contributed by atoms with Gasteiger partial charge in [-0.15, -0.1) is 5.10 Å². The molecule has 0 spiro atoms. The molecule has 0 amide bonds. The van der Waals surface area contributed by atoms with E-state index in [2.05, 4.69) is 10.2 Å². The lowest BCUT2D eigenvalue weighted by Gasteiger charge is -2.17. The third kappa shape index (κ3) is 4.21. The molecule has 3 aromatic rings. The molecule has 4 rings (SSSR count). The minimum Gasteiger partial charge on any atom is -0.455 e. The lowest BCUT2D eigenvalue weighted by atomic mass is 9.99. The summed E-state index contributed by atoms with van der Waals surface area (Å²) in [6.45, 7) is 3.39. The average molecular weight is 431 g/mol. The highest BCUT2D eigenvalue weighted by Gasteiger charge is 2.34. The number of nitrogens with two attached hydrogens (primary N) is 1. The fraction of sp³-hybridized carbons (Fsp3) is 0.273. The Morgan fingerprint density at radius 1 is 1.00 bits per heavy atom. The topological polar surface area (TPSA) is 83.4 Å². The van der Waals surface area contributed by atoms with Crippen LogP contribution in [-0.4, -0.2) is 16.5 Å². The van der Waals surface area contributed by atoms with Gasteiger partial charge in [-0.05, 0) is 36.2 Å². The Kier molecular flexibility index (Phi) is 5.34. The Bertz CT molecular complexity index is 1120. The molecule has 0 saturated heterocycles. The zero-order chi connectivity index (χ0) is 22.2. The summed E-state index contributed by atoms with van der Waals surface area (Å²) in [4.78, 5) is 0. The zero-order valence-electron chi connectivity index (χ0n) is 16.9. The van der Waals surface area contributed by atoms with Gasteiger partial charge in [-0.25, -0.2) is 0 Å². The standard InChI is InChI=1S/C22H20F3N3O3/c1-3-17-19(13-7-9-14(10-8-13)20-27-28-21(26)31-20)30-18(29-17)11-15-5-4-6-16(12(15)2)22(23,24)25/h4-10,18H,3,11H2,1-2H3,(H2,26,28). The van der Waals surface area contributed by atoms with Crippen LogP contribution in [0.3, 0.4) is 0 Å². The molecular weight excluding hydrogens is 411 g/mol. The number of nitrogens with zero attached hydrogens (tertiary/aromatic N) is 2. The summed E-state index contributed by atoms with van der Waals surface area (Å²) < 4.78 is 56.7. The Morgan fingerprint density at radius 3 is 2.32 bits per heavy atom. The highest BCUT2D eigenvalue weighted by Crippen LogP contribution is 2.37. The van der Waals surface area contributed by atoms with E-state index in [4.69, 9.17) is 19.6 Å². The lowest BCUT2D eigenvalue weighted by Crippen LogP contribution is -2.16. The molecule has 0 aliphatic carbocycles. The molecular formula is C22H20F3N3O3. The summed E-state index contributed by atoms with van der Waals surface area (Å²) in [5, 5.41) is 7.48. The van der Waals surface area contributed by atoms with Crippen LogP contribution in [0.2, 0.25) is 0 Å². The van der Waals surface area contributed by atoms with Crippen molar-refractivity contribution in [1.29, 1.82) is 0 Å². The van der Waals surface area contributed by atoms with Crippen molar-refractivity contribution in [3.05, 3.63) is 70.5 Å². The van der Waals surface area contributed by atoms with E-state index in [9.17, 15) is 13.2 Å². The molecule has 0 bridgehead atoms. The number of allylic oxidation sites excluding steroid dienone is 1. The van der Waals surface area contributed by atoms with E-state index >= 15 is 0 Å². The number of ether oxygens (including phenoxy) is 2. The number of benzene rings is 2. The molecule has 1 aromatic heterocycles. The number of hydrogen-bond acceptors (Lipinski definition) is 6. The predicted octanol–water partition coefficient (Wildman–Crippen LogP) is 5.34. The average Bonchev–Trinajstić information content (AvgIpc) is 3.35. The Labute approximate surface area is 176 Å². The van der Waals surface area contributed by atoms with E-state index in [1.54, 1.807) is 18.2 Å². The number of aromatic nitrogens is 2. The first-order chi connectivity index (χ1) is 14.8. The highest BCUT2D eigenvalue weighted by molar-refractivity contribution is 5.66. The molecule has 0 radical (unpaired) electrons. The van der Waals surface area contributed by atoms with Crippen molar-refractivity contribution in [2.45, 2.75) is 39.2 Å². The number of rotatable bonds is 5. The van der Waals surface area contributed by atoms with Gasteiger partial charge in [0.25, 0.3) is 0 Å². The van der Waals surface area contributed by atoms with E-state index < -0.39 is 18.0 Å². The van der Waals surface area contributed by atoms with Crippen LogP contribution >= 0.6 is 0 Å². The van der Waals surface area contributed by atoms with Crippen LogP contribution in [0, 0.1) is 6.92 Å². The van der Waals surface area contributed by atoms with Gasteiger partial charge in [-0.2, -0.15) is 13.2 Å². The van der Waals surface area contributed by atoms with Crippen LogP contribution in [0.1, 0.15) is 35.6 Å². The summed E-state index contributed by atoms with van der Waals surface area (Å²) in [5.74, 6) is 1.51. The second-order valence-electron chi connectivity index (χ2n) is 7.09. The molecule has 0 fully saturated rings. The van der Waals surface area contributed by atoms with Gasteiger partial charge in [-0.3, -0.25) is 0 Å². The molecule has 1 aliphatic heterocycles. The van der Waals surface area contributed by atoms with E-state index in [1.807, 2.05) is 19.1 Å². The fourth-order valence-corrected chi connectivity index (χ4v) is 3.50. The first kappa shape index (κ1) is 20.8. The molecule has 0 saturated carbocycles. The Morgan fingerprint density at radius 2 is 1.71 bits per heavy atom. The SMILES string of the molecule is CCC1=C(c2ccc(-c3nnc(N)o3)cc2)OC(Cc2cccc(C(F)(F)F)c2C)O1. The fourth-order valence-electron chi connectivity index (χ4n) is 3.50. The maximum absolute atomic E-state index is 13.2. The van der Waals surface area contributed by atoms with Gasteiger partial charge >= 0.3 is 12.2 Å². The number of alkyl halides is 3. The van der Waals surface area contributed by atoms with Crippen molar-refractivity contribution in [2.24, 2.45) is 0 Å². The molecule has 6 nitrogen and oxygen atoms in total. The monoisotopic (exact) mass is 431 g/mol. The van der Waals surface area contributed by atoms with Crippen molar-refractivity contribution < 1.29 is 27.1 Å². The van der Waals surface area contributed by atoms with Gasteiger partial charge in [-0.1, -0.05) is 36.3 Å². The van der Waals surface area contributed by atoms with Crippen molar-refractivity contribution in [2.75, 3.05) is 5.73 Å². The van der Waals surface area contributed by atoms with Gasteiger partial charge < -0.3 is 19.6 Å². The number of hydrogen-bond donors (Lipinski definition) is 1. The second kappa shape index (κ2) is 7.98. The van der Waals surface area contributed by atoms with Gasteiger partial charge in [0.15, 0.2) is 5.76 Å². The third-order valence-corrected chi connectivity index (χ3v) is 5.07. The number of nitrogen functional groups attached to an aromatic ring is 1. The summed E-state index contributed by atoms with van der Waals surface area (Å²) >= 11 is 0. The molecule has 2 N–H and O–H groups in total. The molecule has 1 unspecified atom stereocenters. The quantitative estimate of drug-likeness (QED) is 0.587. The maximum atomic E-state index is 13.2. The van der Waals surface area contributed by atoms with E-state index in [0.717, 1.165) is 11.6 Å². The lowest BCUT2D eigenvalue weighted by molar-refractivity contribution is -0.138. The molecule has 1 aliphatic rings. The van der Waals surface area contributed by atoms with Crippen LogP contribution in [0.4, 0.5) is 19.2 Å². The van der Waals surface area contributed by atoms with Crippen molar-refractivity contribution in [3.63, 3.8) is 0 Å². The number of anilines is 1. The second-order valence-corrected chi connectivity index (χ2v) is 7.09. The smallest absolute Gasteiger partial charge is 0.416 e. The Balaban J connectivity index is 1.53.